The Morgan fingerprint density at radius 3 is 2.60 bits per heavy atom. The van der Waals surface area contributed by atoms with Gasteiger partial charge in [0.05, 0.1) is 18.6 Å². The Labute approximate surface area is 120 Å². The molecule has 2 N–H and O–H groups in total. The maximum Gasteiger partial charge on any atom is 0.225 e. The van der Waals surface area contributed by atoms with E-state index in [9.17, 15) is 9.90 Å². The SMILES string of the molecule is CCOCc1ccc(CNC(=O)C2CCCC2O)cc1. The lowest BCUT2D eigenvalue weighted by Gasteiger charge is -2.14. The second-order valence-electron chi connectivity index (χ2n) is 5.28. The van der Waals surface area contributed by atoms with Crippen molar-refractivity contribution in [2.24, 2.45) is 5.92 Å². The monoisotopic (exact) mass is 277 g/mol. The number of aliphatic hydroxyl groups is 1. The molecule has 0 spiro atoms. The van der Waals surface area contributed by atoms with Gasteiger partial charge in [0.1, 0.15) is 0 Å². The van der Waals surface area contributed by atoms with Crippen LogP contribution < -0.4 is 5.32 Å². The number of aliphatic hydroxyl groups excluding tert-OH is 1. The molecule has 1 amide bonds. The average Bonchev–Trinajstić information content (AvgIpc) is 2.90. The average molecular weight is 277 g/mol. The molecule has 1 aliphatic rings. The molecule has 20 heavy (non-hydrogen) atoms. The Kier molecular flexibility index (Phi) is 5.56. The first-order valence-corrected chi connectivity index (χ1v) is 7.32. The molecule has 0 bridgehead atoms. The summed E-state index contributed by atoms with van der Waals surface area (Å²) in [4.78, 5) is 11.9. The van der Waals surface area contributed by atoms with Gasteiger partial charge in [0, 0.05) is 13.2 Å². The van der Waals surface area contributed by atoms with Crippen molar-refractivity contribution in [1.29, 1.82) is 0 Å². The van der Waals surface area contributed by atoms with Gasteiger partial charge < -0.3 is 15.2 Å². The summed E-state index contributed by atoms with van der Waals surface area (Å²) in [5.74, 6) is -0.263. The van der Waals surface area contributed by atoms with Crippen LogP contribution in [0.3, 0.4) is 0 Å². The minimum absolute atomic E-state index is 0.0339. The lowest BCUT2D eigenvalue weighted by Crippen LogP contribution is -2.34. The van der Waals surface area contributed by atoms with Crippen LogP contribution in [-0.2, 0) is 22.7 Å². The van der Waals surface area contributed by atoms with Crippen molar-refractivity contribution >= 4 is 5.91 Å². The second-order valence-corrected chi connectivity index (χ2v) is 5.28. The van der Waals surface area contributed by atoms with E-state index < -0.39 is 6.10 Å². The van der Waals surface area contributed by atoms with Gasteiger partial charge in [0.2, 0.25) is 5.91 Å². The van der Waals surface area contributed by atoms with Crippen molar-refractivity contribution in [3.63, 3.8) is 0 Å². The van der Waals surface area contributed by atoms with E-state index in [4.69, 9.17) is 4.74 Å². The Morgan fingerprint density at radius 2 is 2.00 bits per heavy atom. The Hall–Kier alpha value is -1.39. The van der Waals surface area contributed by atoms with Gasteiger partial charge in [-0.3, -0.25) is 4.79 Å². The summed E-state index contributed by atoms with van der Waals surface area (Å²) in [7, 11) is 0. The van der Waals surface area contributed by atoms with E-state index in [0.29, 0.717) is 19.8 Å². The number of benzene rings is 1. The van der Waals surface area contributed by atoms with E-state index in [1.165, 1.54) is 0 Å². The lowest BCUT2D eigenvalue weighted by molar-refractivity contribution is -0.127. The first-order chi connectivity index (χ1) is 9.70. The molecule has 1 aliphatic carbocycles. The molecule has 110 valence electrons. The van der Waals surface area contributed by atoms with Crippen LogP contribution in [0.5, 0.6) is 0 Å². The summed E-state index contributed by atoms with van der Waals surface area (Å²) in [6.45, 7) is 3.82. The van der Waals surface area contributed by atoms with E-state index in [1.54, 1.807) is 0 Å². The summed E-state index contributed by atoms with van der Waals surface area (Å²) < 4.78 is 5.34. The maximum absolute atomic E-state index is 11.9. The number of nitrogens with one attached hydrogen (secondary N) is 1. The van der Waals surface area contributed by atoms with Crippen LogP contribution in [0.15, 0.2) is 24.3 Å². The quantitative estimate of drug-likeness (QED) is 0.836. The number of carbonyl (C=O) groups excluding carboxylic acids is 1. The van der Waals surface area contributed by atoms with Crippen LogP contribution in [0.4, 0.5) is 0 Å². The summed E-state index contributed by atoms with van der Waals surface area (Å²) in [6, 6.07) is 8.03. The highest BCUT2D eigenvalue weighted by Gasteiger charge is 2.31. The molecule has 0 heterocycles. The molecule has 0 aliphatic heterocycles. The Balaban J connectivity index is 1.80. The van der Waals surface area contributed by atoms with E-state index in [1.807, 2.05) is 31.2 Å². The van der Waals surface area contributed by atoms with Crippen LogP contribution in [0.25, 0.3) is 0 Å². The fraction of sp³-hybridized carbons (Fsp3) is 0.562. The van der Waals surface area contributed by atoms with Crippen molar-refractivity contribution in [1.82, 2.24) is 5.32 Å². The van der Waals surface area contributed by atoms with E-state index >= 15 is 0 Å². The van der Waals surface area contributed by atoms with Crippen LogP contribution in [0, 0.1) is 5.92 Å². The van der Waals surface area contributed by atoms with Crippen LogP contribution >= 0.6 is 0 Å². The third-order valence-electron chi connectivity index (χ3n) is 3.78. The molecular formula is C16H23NO3. The summed E-state index contributed by atoms with van der Waals surface area (Å²) in [6.07, 6.45) is 2.00. The topological polar surface area (TPSA) is 58.6 Å². The molecule has 0 radical (unpaired) electrons. The number of carbonyl (C=O) groups is 1. The number of rotatable bonds is 6. The van der Waals surface area contributed by atoms with Crippen LogP contribution in [0.1, 0.15) is 37.3 Å². The summed E-state index contributed by atoms with van der Waals surface area (Å²) in [5, 5.41) is 12.6. The molecule has 2 rings (SSSR count). The van der Waals surface area contributed by atoms with Gasteiger partial charge >= 0.3 is 0 Å². The molecular weight excluding hydrogens is 254 g/mol. The summed E-state index contributed by atoms with van der Waals surface area (Å²) >= 11 is 0. The van der Waals surface area contributed by atoms with Gasteiger partial charge in [0.25, 0.3) is 0 Å². The van der Waals surface area contributed by atoms with Crippen molar-refractivity contribution in [2.75, 3.05) is 6.61 Å². The first-order valence-electron chi connectivity index (χ1n) is 7.32. The van der Waals surface area contributed by atoms with Crippen molar-refractivity contribution in [3.8, 4) is 0 Å². The maximum atomic E-state index is 11.9. The molecule has 4 heteroatoms. The van der Waals surface area contributed by atoms with Gasteiger partial charge in [0.15, 0.2) is 0 Å². The molecule has 2 atom stereocenters. The Morgan fingerprint density at radius 1 is 1.30 bits per heavy atom. The zero-order chi connectivity index (χ0) is 14.4. The first kappa shape index (κ1) is 15.0. The zero-order valence-electron chi connectivity index (χ0n) is 12.0. The predicted molar refractivity (Wildman–Crippen MR) is 77.0 cm³/mol. The van der Waals surface area contributed by atoms with Crippen LogP contribution in [-0.4, -0.2) is 23.7 Å². The van der Waals surface area contributed by atoms with Crippen LogP contribution in [0.2, 0.25) is 0 Å². The highest BCUT2D eigenvalue weighted by atomic mass is 16.5. The van der Waals surface area contributed by atoms with Gasteiger partial charge in [-0.05, 0) is 37.3 Å². The minimum Gasteiger partial charge on any atom is -0.392 e. The summed E-state index contributed by atoms with van der Waals surface area (Å²) in [5.41, 5.74) is 2.19. The number of ether oxygens (including phenoxy) is 1. The van der Waals surface area contributed by atoms with Gasteiger partial charge in [-0.15, -0.1) is 0 Å². The van der Waals surface area contributed by atoms with E-state index in [-0.39, 0.29) is 11.8 Å². The molecule has 0 aromatic heterocycles. The highest BCUT2D eigenvalue weighted by molar-refractivity contribution is 5.79. The van der Waals surface area contributed by atoms with Gasteiger partial charge in [-0.25, -0.2) is 0 Å². The smallest absolute Gasteiger partial charge is 0.225 e. The van der Waals surface area contributed by atoms with Crippen molar-refractivity contribution in [3.05, 3.63) is 35.4 Å². The third kappa shape index (κ3) is 4.05. The van der Waals surface area contributed by atoms with Crippen molar-refractivity contribution < 1.29 is 14.6 Å². The molecule has 1 fully saturated rings. The number of amides is 1. The van der Waals surface area contributed by atoms with Gasteiger partial charge in [-0.2, -0.15) is 0 Å². The molecule has 2 unspecified atom stereocenters. The molecule has 1 aromatic carbocycles. The minimum atomic E-state index is -0.469. The largest absolute Gasteiger partial charge is 0.392 e. The van der Waals surface area contributed by atoms with Gasteiger partial charge in [-0.1, -0.05) is 24.3 Å². The second kappa shape index (κ2) is 7.41. The number of hydrogen-bond donors (Lipinski definition) is 2. The third-order valence-corrected chi connectivity index (χ3v) is 3.78. The Bertz CT molecular complexity index is 430. The number of hydrogen-bond acceptors (Lipinski definition) is 3. The molecule has 1 aromatic rings. The molecule has 4 nitrogen and oxygen atoms in total. The standard InChI is InChI=1S/C16H23NO3/c1-2-20-11-13-8-6-12(7-9-13)10-17-16(19)14-4-3-5-15(14)18/h6-9,14-15,18H,2-5,10-11H2,1H3,(H,17,19). The van der Waals surface area contributed by atoms with Crippen molar-refractivity contribution in [2.45, 2.75) is 45.4 Å². The molecule has 1 saturated carbocycles. The zero-order valence-corrected chi connectivity index (χ0v) is 12.0. The fourth-order valence-corrected chi connectivity index (χ4v) is 2.54. The predicted octanol–water partition coefficient (Wildman–Crippen LogP) is 2.00. The normalized spacial score (nSPS) is 21.9. The van der Waals surface area contributed by atoms with E-state index in [2.05, 4.69) is 5.32 Å². The fourth-order valence-electron chi connectivity index (χ4n) is 2.54. The lowest BCUT2D eigenvalue weighted by atomic mass is 10.1. The molecule has 0 saturated heterocycles. The van der Waals surface area contributed by atoms with E-state index in [0.717, 1.165) is 30.4 Å². The highest BCUT2D eigenvalue weighted by Crippen LogP contribution is 2.25.